The second-order valence-corrected chi connectivity index (χ2v) is 4.72. The smallest absolute Gasteiger partial charge is 0.328 e. The highest BCUT2D eigenvalue weighted by Gasteiger charge is 2.18. The number of hydrogen-bond donors (Lipinski definition) is 1. The monoisotopic (exact) mass is 317 g/mol. The summed E-state index contributed by atoms with van der Waals surface area (Å²) < 4.78 is 18.7. The molecule has 5 heteroatoms. The second-order valence-electron chi connectivity index (χ2n) is 3.87. The van der Waals surface area contributed by atoms with Gasteiger partial charge >= 0.3 is 5.97 Å². The molecule has 0 saturated carbocycles. The van der Waals surface area contributed by atoms with Crippen molar-refractivity contribution in [2.45, 2.75) is 32.7 Å². The third kappa shape index (κ3) is 4.29. The Kier molecular flexibility index (Phi) is 6.12. The molecule has 1 atom stereocenters. The Morgan fingerprint density at radius 3 is 2.78 bits per heavy atom. The van der Waals surface area contributed by atoms with Crippen molar-refractivity contribution < 1.29 is 13.9 Å². The maximum atomic E-state index is 13.4. The van der Waals surface area contributed by atoms with Crippen molar-refractivity contribution in [1.82, 2.24) is 0 Å². The molecule has 0 bridgehead atoms. The van der Waals surface area contributed by atoms with Gasteiger partial charge in [-0.1, -0.05) is 13.3 Å². The van der Waals surface area contributed by atoms with Gasteiger partial charge in [0.25, 0.3) is 0 Å². The van der Waals surface area contributed by atoms with Gasteiger partial charge in [0, 0.05) is 5.69 Å². The van der Waals surface area contributed by atoms with Crippen molar-refractivity contribution in [2.24, 2.45) is 0 Å². The summed E-state index contributed by atoms with van der Waals surface area (Å²) in [4.78, 5) is 11.7. The highest BCUT2D eigenvalue weighted by molar-refractivity contribution is 9.10. The first kappa shape index (κ1) is 15.0. The minimum Gasteiger partial charge on any atom is -0.464 e. The third-order valence-corrected chi connectivity index (χ3v) is 3.05. The maximum Gasteiger partial charge on any atom is 0.328 e. The SMILES string of the molecule is CCCC(Nc1ccc(Br)c(F)c1)C(=O)OCC. The Morgan fingerprint density at radius 1 is 1.50 bits per heavy atom. The highest BCUT2D eigenvalue weighted by atomic mass is 79.9. The van der Waals surface area contributed by atoms with Gasteiger partial charge in [0.05, 0.1) is 11.1 Å². The molecule has 1 N–H and O–H groups in total. The van der Waals surface area contributed by atoms with Gasteiger partial charge in [-0.2, -0.15) is 0 Å². The standard InChI is InChI=1S/C13H17BrFNO2/c1-3-5-12(13(17)18-4-2)16-9-6-7-10(14)11(15)8-9/h6-8,12,16H,3-5H2,1-2H3. The number of nitrogens with one attached hydrogen (secondary N) is 1. The van der Waals surface area contributed by atoms with Crippen LogP contribution in [0.4, 0.5) is 10.1 Å². The molecule has 1 aromatic rings. The molecule has 0 aliphatic heterocycles. The minimum absolute atomic E-state index is 0.303. The van der Waals surface area contributed by atoms with Gasteiger partial charge in [0.15, 0.2) is 0 Å². The van der Waals surface area contributed by atoms with Crippen LogP contribution >= 0.6 is 15.9 Å². The molecule has 0 spiro atoms. The number of ether oxygens (including phenoxy) is 1. The van der Waals surface area contributed by atoms with E-state index in [2.05, 4.69) is 21.2 Å². The quantitative estimate of drug-likeness (QED) is 0.812. The largest absolute Gasteiger partial charge is 0.464 e. The van der Waals surface area contributed by atoms with Crippen LogP contribution in [0.2, 0.25) is 0 Å². The number of halogens is 2. The van der Waals surface area contributed by atoms with E-state index in [1.54, 1.807) is 19.1 Å². The van der Waals surface area contributed by atoms with Crippen LogP contribution in [0.15, 0.2) is 22.7 Å². The van der Waals surface area contributed by atoms with Crippen LogP contribution in [0.1, 0.15) is 26.7 Å². The molecular formula is C13H17BrFNO2. The number of hydrogen-bond acceptors (Lipinski definition) is 3. The summed E-state index contributed by atoms with van der Waals surface area (Å²) in [5.74, 6) is -0.665. The van der Waals surface area contributed by atoms with Crippen LogP contribution in [0.5, 0.6) is 0 Å². The fourth-order valence-corrected chi connectivity index (χ4v) is 1.81. The summed E-state index contributed by atoms with van der Waals surface area (Å²) in [7, 11) is 0. The van der Waals surface area contributed by atoms with Crippen LogP contribution in [-0.4, -0.2) is 18.6 Å². The molecule has 100 valence electrons. The highest BCUT2D eigenvalue weighted by Crippen LogP contribution is 2.20. The minimum atomic E-state index is -0.435. The molecule has 0 aromatic heterocycles. The van der Waals surface area contributed by atoms with Crippen molar-refractivity contribution >= 4 is 27.6 Å². The molecule has 3 nitrogen and oxygen atoms in total. The summed E-state index contributed by atoms with van der Waals surface area (Å²) in [6.45, 7) is 4.09. The molecule has 18 heavy (non-hydrogen) atoms. The van der Waals surface area contributed by atoms with Crippen molar-refractivity contribution in [3.8, 4) is 0 Å². The first-order valence-corrected chi connectivity index (χ1v) is 6.76. The summed E-state index contributed by atoms with van der Waals surface area (Å²) >= 11 is 3.09. The Labute approximate surface area is 115 Å². The normalized spacial score (nSPS) is 12.0. The predicted octanol–water partition coefficient (Wildman–Crippen LogP) is 3.73. The number of carbonyl (C=O) groups is 1. The van der Waals surface area contributed by atoms with E-state index in [1.807, 2.05) is 6.92 Å². The van der Waals surface area contributed by atoms with Crippen LogP contribution < -0.4 is 5.32 Å². The second kappa shape index (κ2) is 7.36. The molecule has 0 heterocycles. The number of benzene rings is 1. The van der Waals surface area contributed by atoms with E-state index in [1.165, 1.54) is 6.07 Å². The van der Waals surface area contributed by atoms with Gasteiger partial charge in [-0.15, -0.1) is 0 Å². The summed E-state index contributed by atoms with van der Waals surface area (Å²) in [5.41, 5.74) is 0.571. The average molecular weight is 318 g/mol. The Bertz CT molecular complexity index is 412. The predicted molar refractivity (Wildman–Crippen MR) is 73.1 cm³/mol. The van der Waals surface area contributed by atoms with Crippen molar-refractivity contribution in [1.29, 1.82) is 0 Å². The summed E-state index contributed by atoms with van der Waals surface area (Å²) in [6.07, 6.45) is 1.49. The Hall–Kier alpha value is -1.10. The molecule has 0 aliphatic carbocycles. The Morgan fingerprint density at radius 2 is 2.22 bits per heavy atom. The van der Waals surface area contributed by atoms with E-state index < -0.39 is 6.04 Å². The molecule has 0 saturated heterocycles. The van der Waals surface area contributed by atoms with E-state index >= 15 is 0 Å². The zero-order valence-corrected chi connectivity index (χ0v) is 12.1. The first-order chi connectivity index (χ1) is 8.58. The topological polar surface area (TPSA) is 38.3 Å². The van der Waals surface area contributed by atoms with Crippen LogP contribution in [-0.2, 0) is 9.53 Å². The third-order valence-electron chi connectivity index (χ3n) is 2.41. The maximum absolute atomic E-state index is 13.4. The van der Waals surface area contributed by atoms with E-state index in [-0.39, 0.29) is 11.8 Å². The molecule has 0 aliphatic rings. The number of anilines is 1. The molecule has 0 fully saturated rings. The summed E-state index contributed by atoms with van der Waals surface area (Å²) in [5, 5.41) is 3.00. The fraction of sp³-hybridized carbons (Fsp3) is 0.462. The van der Waals surface area contributed by atoms with Gasteiger partial charge in [-0.25, -0.2) is 9.18 Å². The van der Waals surface area contributed by atoms with Gasteiger partial charge in [-0.3, -0.25) is 0 Å². The summed E-state index contributed by atoms with van der Waals surface area (Å²) in [6, 6.07) is 4.24. The zero-order valence-electron chi connectivity index (χ0n) is 10.5. The fourth-order valence-electron chi connectivity index (χ4n) is 1.57. The van der Waals surface area contributed by atoms with Gasteiger partial charge in [0.2, 0.25) is 0 Å². The van der Waals surface area contributed by atoms with E-state index in [9.17, 15) is 9.18 Å². The first-order valence-electron chi connectivity index (χ1n) is 5.96. The van der Waals surface area contributed by atoms with Crippen molar-refractivity contribution in [3.05, 3.63) is 28.5 Å². The van der Waals surface area contributed by atoms with E-state index in [0.29, 0.717) is 23.2 Å². The lowest BCUT2D eigenvalue weighted by molar-refractivity contribution is -0.144. The number of rotatable bonds is 6. The number of esters is 1. The van der Waals surface area contributed by atoms with Crippen LogP contribution in [0.3, 0.4) is 0 Å². The van der Waals surface area contributed by atoms with Gasteiger partial charge in [0.1, 0.15) is 11.9 Å². The zero-order chi connectivity index (χ0) is 13.5. The molecule has 0 radical (unpaired) electrons. The molecule has 1 rings (SSSR count). The van der Waals surface area contributed by atoms with Gasteiger partial charge in [-0.05, 0) is 47.5 Å². The molecule has 1 aromatic carbocycles. The molecule has 1 unspecified atom stereocenters. The number of carbonyl (C=O) groups excluding carboxylic acids is 1. The Balaban J connectivity index is 2.76. The molecular weight excluding hydrogens is 301 g/mol. The van der Waals surface area contributed by atoms with Crippen LogP contribution in [0.25, 0.3) is 0 Å². The van der Waals surface area contributed by atoms with E-state index in [0.717, 1.165) is 6.42 Å². The lowest BCUT2D eigenvalue weighted by Gasteiger charge is -2.17. The van der Waals surface area contributed by atoms with Gasteiger partial charge < -0.3 is 10.1 Å². The lowest BCUT2D eigenvalue weighted by atomic mass is 10.1. The lowest BCUT2D eigenvalue weighted by Crippen LogP contribution is -2.31. The average Bonchev–Trinajstić information content (AvgIpc) is 2.33. The van der Waals surface area contributed by atoms with Crippen molar-refractivity contribution in [3.63, 3.8) is 0 Å². The van der Waals surface area contributed by atoms with Crippen molar-refractivity contribution in [2.75, 3.05) is 11.9 Å². The van der Waals surface area contributed by atoms with E-state index in [4.69, 9.17) is 4.74 Å². The van der Waals surface area contributed by atoms with Crippen LogP contribution in [0, 0.1) is 5.82 Å². The molecule has 0 amide bonds.